The maximum atomic E-state index is 11.1. The first-order valence-electron chi connectivity index (χ1n) is 8.37. The molecule has 0 amide bonds. The molecule has 2 N–H and O–H groups in total. The molecule has 0 heterocycles. The highest BCUT2D eigenvalue weighted by atomic mass is 16.5. The fourth-order valence-corrected chi connectivity index (χ4v) is 2.75. The van der Waals surface area contributed by atoms with Gasteiger partial charge >= 0.3 is 11.9 Å². The monoisotopic (exact) mass is 372 g/mol. The molecule has 28 heavy (non-hydrogen) atoms. The van der Waals surface area contributed by atoms with Crippen molar-refractivity contribution in [3.05, 3.63) is 77.9 Å². The summed E-state index contributed by atoms with van der Waals surface area (Å²) in [6.45, 7) is 0.110. The van der Waals surface area contributed by atoms with Gasteiger partial charge in [-0.25, -0.2) is 9.59 Å². The van der Waals surface area contributed by atoms with Crippen LogP contribution in [-0.4, -0.2) is 28.8 Å². The van der Waals surface area contributed by atoms with E-state index in [-0.39, 0.29) is 17.7 Å². The number of benzene rings is 3. The highest BCUT2D eigenvalue weighted by Gasteiger charge is 2.09. The number of aromatic carboxylic acids is 2. The number of carboxylic acids is 2. The average Bonchev–Trinajstić information content (AvgIpc) is 2.72. The zero-order chi connectivity index (χ0) is 20.1. The second-order valence-corrected chi connectivity index (χ2v) is 6.00. The number of ether oxygens (including phenoxy) is 1. The predicted molar refractivity (Wildman–Crippen MR) is 106 cm³/mol. The molecule has 0 saturated carbocycles. The summed E-state index contributed by atoms with van der Waals surface area (Å²) in [6.07, 6.45) is 5.28. The van der Waals surface area contributed by atoms with Gasteiger partial charge in [0.15, 0.2) is 0 Å². The average molecular weight is 372 g/mol. The largest absolute Gasteiger partial charge is 0.481 e. The number of terminal acetylenes is 1. The standard InChI is InChI=1S/C23H16O5/c1-2-11-28-21-13-19(15-3-7-17(8-4-15)22(24)25)12-20(14-21)16-5-9-18(10-6-16)23(26)27/h1,3-10,12-14H,11H2,(H,24,25)(H,26,27). The molecule has 0 aliphatic carbocycles. The third kappa shape index (κ3) is 4.19. The molecule has 3 aromatic carbocycles. The van der Waals surface area contributed by atoms with Gasteiger partial charge in [0, 0.05) is 0 Å². The minimum absolute atomic E-state index is 0.110. The number of carboxylic acid groups (broad SMARTS) is 2. The molecule has 5 heteroatoms. The van der Waals surface area contributed by atoms with E-state index in [4.69, 9.17) is 21.4 Å². The Morgan fingerprint density at radius 2 is 1.18 bits per heavy atom. The van der Waals surface area contributed by atoms with Crippen LogP contribution < -0.4 is 4.74 Å². The first kappa shape index (κ1) is 18.7. The van der Waals surface area contributed by atoms with Crippen molar-refractivity contribution in [3.8, 4) is 40.3 Å². The molecule has 0 bridgehead atoms. The third-order valence-corrected chi connectivity index (χ3v) is 4.16. The van der Waals surface area contributed by atoms with Crippen molar-refractivity contribution >= 4 is 11.9 Å². The minimum Gasteiger partial charge on any atom is -0.481 e. The summed E-state index contributed by atoms with van der Waals surface area (Å²) in [5.74, 6) is 1.01. The fourth-order valence-electron chi connectivity index (χ4n) is 2.75. The van der Waals surface area contributed by atoms with E-state index in [0.29, 0.717) is 5.75 Å². The van der Waals surface area contributed by atoms with E-state index in [9.17, 15) is 9.59 Å². The lowest BCUT2D eigenvalue weighted by atomic mass is 9.97. The molecule has 0 radical (unpaired) electrons. The third-order valence-electron chi connectivity index (χ3n) is 4.16. The van der Waals surface area contributed by atoms with Crippen LogP contribution in [0.2, 0.25) is 0 Å². The summed E-state index contributed by atoms with van der Waals surface area (Å²) in [7, 11) is 0. The van der Waals surface area contributed by atoms with Gasteiger partial charge in [-0.1, -0.05) is 30.2 Å². The van der Waals surface area contributed by atoms with Crippen LogP contribution in [0.1, 0.15) is 20.7 Å². The summed E-state index contributed by atoms with van der Waals surface area (Å²) >= 11 is 0. The molecule has 0 atom stereocenters. The molecule has 138 valence electrons. The zero-order valence-electron chi connectivity index (χ0n) is 14.8. The first-order valence-corrected chi connectivity index (χ1v) is 8.37. The first-order chi connectivity index (χ1) is 13.5. The molecule has 5 nitrogen and oxygen atoms in total. The van der Waals surface area contributed by atoms with Crippen molar-refractivity contribution in [3.63, 3.8) is 0 Å². The van der Waals surface area contributed by atoms with Crippen LogP contribution in [0.4, 0.5) is 0 Å². The summed E-state index contributed by atoms with van der Waals surface area (Å²) in [5.41, 5.74) is 3.69. The molecular weight excluding hydrogens is 356 g/mol. The van der Waals surface area contributed by atoms with Crippen molar-refractivity contribution < 1.29 is 24.5 Å². The molecular formula is C23H16O5. The van der Waals surface area contributed by atoms with Crippen LogP contribution in [0, 0.1) is 12.3 Å². The van der Waals surface area contributed by atoms with Gasteiger partial charge in [0.2, 0.25) is 0 Å². The number of carbonyl (C=O) groups is 2. The highest BCUT2D eigenvalue weighted by Crippen LogP contribution is 2.32. The van der Waals surface area contributed by atoms with Crippen LogP contribution in [0.3, 0.4) is 0 Å². The summed E-state index contributed by atoms with van der Waals surface area (Å²) in [5, 5.41) is 18.1. The van der Waals surface area contributed by atoms with E-state index in [1.807, 2.05) is 18.2 Å². The van der Waals surface area contributed by atoms with Crippen LogP contribution in [0.25, 0.3) is 22.3 Å². The molecule has 0 aliphatic rings. The topological polar surface area (TPSA) is 83.8 Å². The van der Waals surface area contributed by atoms with Crippen molar-refractivity contribution in [2.24, 2.45) is 0 Å². The molecule has 0 aromatic heterocycles. The van der Waals surface area contributed by atoms with Crippen LogP contribution in [0.5, 0.6) is 5.75 Å². The normalized spacial score (nSPS) is 10.1. The van der Waals surface area contributed by atoms with E-state index >= 15 is 0 Å². The van der Waals surface area contributed by atoms with E-state index < -0.39 is 11.9 Å². The lowest BCUT2D eigenvalue weighted by Gasteiger charge is -2.11. The Bertz CT molecular complexity index is 982. The lowest BCUT2D eigenvalue weighted by Crippen LogP contribution is -1.97. The quantitative estimate of drug-likeness (QED) is 0.626. The fraction of sp³-hybridized carbons (Fsp3) is 0.0435. The Hall–Kier alpha value is -4.04. The lowest BCUT2D eigenvalue weighted by molar-refractivity contribution is 0.0686. The molecule has 0 saturated heterocycles. The van der Waals surface area contributed by atoms with Crippen molar-refractivity contribution in [2.45, 2.75) is 0 Å². The summed E-state index contributed by atoms with van der Waals surface area (Å²) in [4.78, 5) is 22.1. The smallest absolute Gasteiger partial charge is 0.335 e. The molecule has 0 aliphatic heterocycles. The van der Waals surface area contributed by atoms with E-state index in [1.165, 1.54) is 24.3 Å². The van der Waals surface area contributed by atoms with E-state index in [0.717, 1.165) is 22.3 Å². The van der Waals surface area contributed by atoms with Crippen molar-refractivity contribution in [1.82, 2.24) is 0 Å². The van der Waals surface area contributed by atoms with Crippen LogP contribution in [0.15, 0.2) is 66.7 Å². The van der Waals surface area contributed by atoms with Crippen molar-refractivity contribution in [2.75, 3.05) is 6.61 Å². The van der Waals surface area contributed by atoms with E-state index in [1.54, 1.807) is 24.3 Å². The van der Waals surface area contributed by atoms with Gasteiger partial charge in [-0.05, 0) is 64.7 Å². The molecule has 0 fully saturated rings. The minimum atomic E-state index is -0.989. The Labute approximate surface area is 161 Å². The van der Waals surface area contributed by atoms with Gasteiger partial charge < -0.3 is 14.9 Å². The van der Waals surface area contributed by atoms with Crippen LogP contribution in [-0.2, 0) is 0 Å². The Balaban J connectivity index is 2.04. The van der Waals surface area contributed by atoms with Gasteiger partial charge in [0.1, 0.15) is 12.4 Å². The number of hydrogen-bond donors (Lipinski definition) is 2. The molecule has 0 spiro atoms. The highest BCUT2D eigenvalue weighted by molar-refractivity contribution is 5.89. The summed E-state index contributed by atoms with van der Waals surface area (Å²) < 4.78 is 5.58. The zero-order valence-corrected chi connectivity index (χ0v) is 14.8. The SMILES string of the molecule is C#CCOc1cc(-c2ccc(C(=O)O)cc2)cc(-c2ccc(C(=O)O)cc2)c1. The van der Waals surface area contributed by atoms with Gasteiger partial charge in [0.25, 0.3) is 0 Å². The van der Waals surface area contributed by atoms with Gasteiger partial charge in [0.05, 0.1) is 11.1 Å². The van der Waals surface area contributed by atoms with Gasteiger partial charge in [-0.15, -0.1) is 6.42 Å². The Kier molecular flexibility index (Phi) is 5.43. The number of rotatable bonds is 6. The van der Waals surface area contributed by atoms with Crippen LogP contribution >= 0.6 is 0 Å². The van der Waals surface area contributed by atoms with Gasteiger partial charge in [-0.3, -0.25) is 0 Å². The second kappa shape index (κ2) is 8.11. The second-order valence-electron chi connectivity index (χ2n) is 6.00. The maximum Gasteiger partial charge on any atom is 0.335 e. The molecule has 0 unspecified atom stereocenters. The predicted octanol–water partition coefficient (Wildman–Crippen LogP) is 4.43. The maximum absolute atomic E-state index is 11.1. The Morgan fingerprint density at radius 1 is 0.750 bits per heavy atom. The molecule has 3 aromatic rings. The van der Waals surface area contributed by atoms with E-state index in [2.05, 4.69) is 5.92 Å². The van der Waals surface area contributed by atoms with Gasteiger partial charge in [-0.2, -0.15) is 0 Å². The van der Waals surface area contributed by atoms with Crippen molar-refractivity contribution in [1.29, 1.82) is 0 Å². The Morgan fingerprint density at radius 3 is 1.54 bits per heavy atom. The molecule has 3 rings (SSSR count). The summed E-state index contributed by atoms with van der Waals surface area (Å²) in [6, 6.07) is 18.6. The number of hydrogen-bond acceptors (Lipinski definition) is 3.